The van der Waals surface area contributed by atoms with Crippen LogP contribution in [0, 0.1) is 0 Å². The summed E-state index contributed by atoms with van der Waals surface area (Å²) in [7, 11) is 0. The van der Waals surface area contributed by atoms with Crippen molar-refractivity contribution in [2.45, 2.75) is 0 Å². The zero-order valence-electron chi connectivity index (χ0n) is 11.8. The van der Waals surface area contributed by atoms with Crippen LogP contribution in [0.1, 0.15) is 5.56 Å². The molecular weight excluding hydrogens is 264 g/mol. The van der Waals surface area contributed by atoms with E-state index in [-0.39, 0.29) is 0 Å². The molecule has 4 heteroatoms. The third kappa shape index (κ3) is 4.07. The maximum Gasteiger partial charge on any atom is 0.127 e. The Bertz CT molecular complexity index is 575. The van der Waals surface area contributed by atoms with E-state index < -0.39 is 0 Å². The van der Waals surface area contributed by atoms with E-state index in [0.29, 0.717) is 0 Å². The highest BCUT2D eigenvalue weighted by Gasteiger charge is 2.06. The third-order valence-corrected chi connectivity index (χ3v) is 3.22. The SMILES string of the molecule is C(=NN1CCOCC1)c1ccc(Oc2ccccc2)cc1. The maximum atomic E-state index is 5.76. The third-order valence-electron chi connectivity index (χ3n) is 3.22. The van der Waals surface area contributed by atoms with Crippen LogP contribution in [0.4, 0.5) is 0 Å². The fraction of sp³-hybridized carbons (Fsp3) is 0.235. The maximum absolute atomic E-state index is 5.76. The van der Waals surface area contributed by atoms with Gasteiger partial charge in [0.25, 0.3) is 0 Å². The molecule has 0 unspecified atom stereocenters. The molecule has 3 rings (SSSR count). The molecule has 4 nitrogen and oxygen atoms in total. The highest BCUT2D eigenvalue weighted by molar-refractivity contribution is 5.79. The fourth-order valence-electron chi connectivity index (χ4n) is 2.06. The van der Waals surface area contributed by atoms with Crippen LogP contribution >= 0.6 is 0 Å². The van der Waals surface area contributed by atoms with E-state index in [1.165, 1.54) is 0 Å². The summed E-state index contributed by atoms with van der Waals surface area (Å²) in [5.41, 5.74) is 1.06. The number of ether oxygens (including phenoxy) is 2. The molecule has 0 N–H and O–H groups in total. The van der Waals surface area contributed by atoms with Gasteiger partial charge in [0, 0.05) is 0 Å². The van der Waals surface area contributed by atoms with Gasteiger partial charge in [-0.2, -0.15) is 5.10 Å². The number of hydrogen-bond acceptors (Lipinski definition) is 4. The second-order valence-electron chi connectivity index (χ2n) is 4.79. The van der Waals surface area contributed by atoms with Crippen LogP contribution in [-0.2, 0) is 4.74 Å². The monoisotopic (exact) mass is 282 g/mol. The molecule has 1 heterocycles. The van der Waals surface area contributed by atoms with Crippen molar-refractivity contribution >= 4 is 6.21 Å². The van der Waals surface area contributed by atoms with Gasteiger partial charge in [0.1, 0.15) is 11.5 Å². The molecule has 1 saturated heterocycles. The Morgan fingerprint density at radius 2 is 1.57 bits per heavy atom. The number of hydrogen-bond donors (Lipinski definition) is 0. The number of hydrazone groups is 1. The van der Waals surface area contributed by atoms with E-state index in [0.717, 1.165) is 43.4 Å². The Morgan fingerprint density at radius 3 is 2.29 bits per heavy atom. The summed E-state index contributed by atoms with van der Waals surface area (Å²) >= 11 is 0. The standard InChI is InChI=1S/C17H18N2O2/c1-2-4-16(5-3-1)21-17-8-6-15(7-9-17)14-18-19-10-12-20-13-11-19/h1-9,14H,10-13H2. The molecule has 0 saturated carbocycles. The van der Waals surface area contributed by atoms with Crippen molar-refractivity contribution in [2.24, 2.45) is 5.10 Å². The van der Waals surface area contributed by atoms with Crippen molar-refractivity contribution in [1.29, 1.82) is 0 Å². The number of benzene rings is 2. The highest BCUT2D eigenvalue weighted by atomic mass is 16.5. The number of morpholine rings is 1. The molecule has 108 valence electrons. The van der Waals surface area contributed by atoms with Crippen molar-refractivity contribution in [2.75, 3.05) is 26.3 Å². The minimum Gasteiger partial charge on any atom is -0.457 e. The summed E-state index contributed by atoms with van der Waals surface area (Å²) in [5, 5.41) is 6.48. The van der Waals surface area contributed by atoms with Gasteiger partial charge in [0.05, 0.1) is 32.5 Å². The molecule has 0 radical (unpaired) electrons. The Hall–Kier alpha value is -2.33. The van der Waals surface area contributed by atoms with Crippen molar-refractivity contribution < 1.29 is 9.47 Å². The first-order valence-corrected chi connectivity index (χ1v) is 7.10. The van der Waals surface area contributed by atoms with Crippen molar-refractivity contribution in [1.82, 2.24) is 5.01 Å². The molecule has 0 amide bonds. The van der Waals surface area contributed by atoms with Crippen LogP contribution in [0.15, 0.2) is 59.7 Å². The van der Waals surface area contributed by atoms with Gasteiger partial charge in [-0.3, -0.25) is 5.01 Å². The topological polar surface area (TPSA) is 34.1 Å². The zero-order chi connectivity index (χ0) is 14.3. The van der Waals surface area contributed by atoms with Crippen molar-refractivity contribution in [3.05, 3.63) is 60.2 Å². The summed E-state index contributed by atoms with van der Waals surface area (Å²) in [6, 6.07) is 17.7. The van der Waals surface area contributed by atoms with Crippen LogP contribution in [-0.4, -0.2) is 37.5 Å². The molecule has 0 aliphatic carbocycles. The minimum absolute atomic E-state index is 0.751. The van der Waals surface area contributed by atoms with Crippen LogP contribution in [0.2, 0.25) is 0 Å². The quantitative estimate of drug-likeness (QED) is 0.808. The predicted molar refractivity (Wildman–Crippen MR) is 82.9 cm³/mol. The lowest BCUT2D eigenvalue weighted by Crippen LogP contribution is -2.32. The normalized spacial score (nSPS) is 15.3. The number of nitrogens with zero attached hydrogens (tertiary/aromatic N) is 2. The number of para-hydroxylation sites is 1. The van der Waals surface area contributed by atoms with Gasteiger partial charge >= 0.3 is 0 Å². The average Bonchev–Trinajstić information content (AvgIpc) is 2.56. The largest absolute Gasteiger partial charge is 0.457 e. The van der Waals surface area contributed by atoms with Gasteiger partial charge in [-0.15, -0.1) is 0 Å². The molecule has 1 aliphatic rings. The van der Waals surface area contributed by atoms with E-state index >= 15 is 0 Å². The second kappa shape index (κ2) is 6.90. The van der Waals surface area contributed by atoms with Crippen molar-refractivity contribution in [3.63, 3.8) is 0 Å². The molecule has 0 aromatic heterocycles. The van der Waals surface area contributed by atoms with Gasteiger partial charge in [-0.05, 0) is 42.0 Å². The summed E-state index contributed by atoms with van der Waals surface area (Å²) in [4.78, 5) is 0. The Labute approximate surface area is 124 Å². The van der Waals surface area contributed by atoms with Crippen LogP contribution in [0.25, 0.3) is 0 Å². The Morgan fingerprint density at radius 1 is 0.905 bits per heavy atom. The van der Waals surface area contributed by atoms with Crippen LogP contribution < -0.4 is 4.74 Å². The lowest BCUT2D eigenvalue weighted by atomic mass is 10.2. The highest BCUT2D eigenvalue weighted by Crippen LogP contribution is 2.20. The van der Waals surface area contributed by atoms with Gasteiger partial charge < -0.3 is 9.47 Å². The smallest absolute Gasteiger partial charge is 0.127 e. The summed E-state index contributed by atoms with van der Waals surface area (Å²) in [5.74, 6) is 1.66. The molecule has 1 fully saturated rings. The molecule has 21 heavy (non-hydrogen) atoms. The van der Waals surface area contributed by atoms with Gasteiger partial charge in [0.2, 0.25) is 0 Å². The lowest BCUT2D eigenvalue weighted by molar-refractivity contribution is 0.0397. The molecule has 0 atom stereocenters. The van der Waals surface area contributed by atoms with Gasteiger partial charge in [-0.25, -0.2) is 0 Å². The van der Waals surface area contributed by atoms with Crippen LogP contribution in [0.3, 0.4) is 0 Å². The summed E-state index contributed by atoms with van der Waals surface area (Å²) in [6.07, 6.45) is 1.87. The molecule has 0 spiro atoms. The molecule has 2 aromatic carbocycles. The van der Waals surface area contributed by atoms with Crippen molar-refractivity contribution in [3.8, 4) is 11.5 Å². The first kappa shape index (κ1) is 13.6. The molecule has 2 aromatic rings. The zero-order valence-corrected chi connectivity index (χ0v) is 11.8. The fourth-order valence-corrected chi connectivity index (χ4v) is 2.06. The first-order chi connectivity index (χ1) is 10.4. The molecule has 1 aliphatic heterocycles. The Kier molecular flexibility index (Phi) is 4.49. The summed E-state index contributed by atoms with van der Waals surface area (Å²) < 4.78 is 11.0. The number of rotatable bonds is 4. The Balaban J connectivity index is 1.60. The predicted octanol–water partition coefficient (Wildman–Crippen LogP) is 3.15. The average molecular weight is 282 g/mol. The van der Waals surface area contributed by atoms with E-state index in [2.05, 4.69) is 5.10 Å². The van der Waals surface area contributed by atoms with E-state index in [4.69, 9.17) is 9.47 Å². The molecule has 0 bridgehead atoms. The lowest BCUT2D eigenvalue weighted by Gasteiger charge is -2.23. The molecular formula is C17H18N2O2. The second-order valence-corrected chi connectivity index (χ2v) is 4.79. The minimum atomic E-state index is 0.751. The van der Waals surface area contributed by atoms with Gasteiger partial charge in [0.15, 0.2) is 0 Å². The first-order valence-electron chi connectivity index (χ1n) is 7.10. The van der Waals surface area contributed by atoms with E-state index in [1.807, 2.05) is 65.8 Å². The van der Waals surface area contributed by atoms with Gasteiger partial charge in [-0.1, -0.05) is 18.2 Å². The van der Waals surface area contributed by atoms with Crippen LogP contribution in [0.5, 0.6) is 11.5 Å². The summed E-state index contributed by atoms with van der Waals surface area (Å²) in [6.45, 7) is 3.21. The van der Waals surface area contributed by atoms with E-state index in [1.54, 1.807) is 0 Å². The van der Waals surface area contributed by atoms with E-state index in [9.17, 15) is 0 Å².